The van der Waals surface area contributed by atoms with Crippen LogP contribution in [-0.4, -0.2) is 37.6 Å². The van der Waals surface area contributed by atoms with Crippen LogP contribution in [0.1, 0.15) is 0 Å². The van der Waals surface area contributed by atoms with Crippen LogP contribution in [0.5, 0.6) is 11.5 Å². The molecule has 18 heavy (non-hydrogen) atoms. The van der Waals surface area contributed by atoms with Gasteiger partial charge in [0.05, 0.1) is 12.3 Å². The average molecular weight is 318 g/mol. The number of aliphatic hydroxyl groups is 1. The zero-order chi connectivity index (χ0) is 13.0. The van der Waals surface area contributed by atoms with Gasteiger partial charge in [0, 0.05) is 16.6 Å². The van der Waals surface area contributed by atoms with Crippen LogP contribution in [0.25, 0.3) is 0 Å². The van der Waals surface area contributed by atoms with Crippen molar-refractivity contribution < 1.29 is 24.1 Å². The first-order chi connectivity index (χ1) is 8.70. The lowest BCUT2D eigenvalue weighted by Crippen LogP contribution is -2.18. The van der Waals surface area contributed by atoms with Crippen molar-refractivity contribution in [2.45, 2.75) is 0 Å². The molecule has 2 rings (SSSR count). The lowest BCUT2D eigenvalue weighted by molar-refractivity contribution is 0.131. The van der Waals surface area contributed by atoms with E-state index < -0.39 is 6.09 Å². The van der Waals surface area contributed by atoms with Crippen LogP contribution in [0, 0.1) is 0 Å². The molecule has 1 aliphatic rings. The Bertz CT molecular complexity index is 451. The molecule has 0 radical (unpaired) electrons. The van der Waals surface area contributed by atoms with Crippen LogP contribution in [0.4, 0.5) is 10.5 Å². The van der Waals surface area contributed by atoms with Gasteiger partial charge in [-0.3, -0.25) is 5.32 Å². The Balaban J connectivity index is 2.10. The fraction of sp³-hybridized carbons (Fsp3) is 0.364. The average Bonchev–Trinajstić information content (AvgIpc) is 2.37. The van der Waals surface area contributed by atoms with Gasteiger partial charge in [-0.2, -0.15) is 0 Å². The van der Waals surface area contributed by atoms with Crippen molar-refractivity contribution in [2.24, 2.45) is 0 Å². The lowest BCUT2D eigenvalue weighted by Gasteiger charge is -2.20. The standard InChI is InChI=1S/C11H12BrNO5/c12-7-5-9-10(17-4-3-16-9)6-8(7)13-11(15)18-2-1-14/h5-6,14H,1-4H2,(H,13,15). The minimum atomic E-state index is -0.638. The second kappa shape index (κ2) is 5.92. The third-order valence-corrected chi connectivity index (χ3v) is 2.85. The summed E-state index contributed by atoms with van der Waals surface area (Å²) in [5.41, 5.74) is 0.516. The highest BCUT2D eigenvalue weighted by atomic mass is 79.9. The van der Waals surface area contributed by atoms with Crippen molar-refractivity contribution in [1.82, 2.24) is 0 Å². The topological polar surface area (TPSA) is 77.0 Å². The number of fused-ring (bicyclic) bond motifs is 1. The summed E-state index contributed by atoms with van der Waals surface area (Å²) in [6, 6.07) is 3.37. The molecule has 0 aromatic heterocycles. The molecule has 6 nitrogen and oxygen atoms in total. The van der Waals surface area contributed by atoms with Gasteiger partial charge < -0.3 is 19.3 Å². The van der Waals surface area contributed by atoms with Gasteiger partial charge in [0.15, 0.2) is 11.5 Å². The quantitative estimate of drug-likeness (QED) is 0.888. The van der Waals surface area contributed by atoms with Crippen molar-refractivity contribution in [3.63, 3.8) is 0 Å². The molecule has 0 saturated carbocycles. The monoisotopic (exact) mass is 317 g/mol. The summed E-state index contributed by atoms with van der Waals surface area (Å²) in [6.07, 6.45) is -0.638. The lowest BCUT2D eigenvalue weighted by atomic mass is 10.2. The zero-order valence-corrected chi connectivity index (χ0v) is 11.0. The van der Waals surface area contributed by atoms with E-state index in [0.29, 0.717) is 34.9 Å². The number of rotatable bonds is 3. The SMILES string of the molecule is O=C(Nc1cc2c(cc1Br)OCCO2)OCCO. The van der Waals surface area contributed by atoms with Crippen molar-refractivity contribution in [2.75, 3.05) is 31.7 Å². The van der Waals surface area contributed by atoms with E-state index in [9.17, 15) is 4.79 Å². The number of ether oxygens (including phenoxy) is 3. The van der Waals surface area contributed by atoms with Gasteiger partial charge in [-0.05, 0) is 15.9 Å². The first-order valence-corrected chi connectivity index (χ1v) is 6.14. The maximum absolute atomic E-state index is 11.4. The molecule has 0 saturated heterocycles. The molecule has 0 fully saturated rings. The summed E-state index contributed by atoms with van der Waals surface area (Å²) < 4.78 is 16.2. The van der Waals surface area contributed by atoms with E-state index in [1.165, 1.54) is 0 Å². The molecule has 1 aliphatic heterocycles. The number of aliphatic hydroxyl groups excluding tert-OH is 1. The summed E-state index contributed by atoms with van der Waals surface area (Å²) in [5, 5.41) is 11.1. The van der Waals surface area contributed by atoms with Crippen LogP contribution in [-0.2, 0) is 4.74 Å². The second-order valence-electron chi connectivity index (χ2n) is 3.46. The van der Waals surface area contributed by atoms with E-state index in [2.05, 4.69) is 21.2 Å². The van der Waals surface area contributed by atoms with E-state index in [1.807, 2.05) is 0 Å². The van der Waals surface area contributed by atoms with E-state index in [-0.39, 0.29) is 13.2 Å². The van der Waals surface area contributed by atoms with Gasteiger partial charge in [-0.1, -0.05) is 0 Å². The third-order valence-electron chi connectivity index (χ3n) is 2.19. The Morgan fingerprint density at radius 3 is 2.72 bits per heavy atom. The second-order valence-corrected chi connectivity index (χ2v) is 4.31. The molecular formula is C11H12BrNO5. The predicted molar refractivity (Wildman–Crippen MR) is 67.2 cm³/mol. The van der Waals surface area contributed by atoms with Crippen LogP contribution >= 0.6 is 15.9 Å². The van der Waals surface area contributed by atoms with Gasteiger partial charge in [-0.25, -0.2) is 4.79 Å². The Labute approximate surface area is 112 Å². The number of amides is 1. The number of anilines is 1. The van der Waals surface area contributed by atoms with Crippen molar-refractivity contribution in [3.05, 3.63) is 16.6 Å². The number of carbonyl (C=O) groups is 1. The molecule has 1 aromatic rings. The van der Waals surface area contributed by atoms with Crippen LogP contribution in [0.3, 0.4) is 0 Å². The molecule has 0 aliphatic carbocycles. The first kappa shape index (κ1) is 13.0. The fourth-order valence-corrected chi connectivity index (χ4v) is 1.87. The Kier molecular flexibility index (Phi) is 4.27. The van der Waals surface area contributed by atoms with Crippen LogP contribution < -0.4 is 14.8 Å². The van der Waals surface area contributed by atoms with Gasteiger partial charge in [0.25, 0.3) is 0 Å². The maximum atomic E-state index is 11.4. The molecule has 98 valence electrons. The highest BCUT2D eigenvalue weighted by Gasteiger charge is 2.16. The summed E-state index contributed by atoms with van der Waals surface area (Å²) in [6.45, 7) is 0.720. The molecule has 7 heteroatoms. The smallest absolute Gasteiger partial charge is 0.411 e. The number of hydrogen-bond donors (Lipinski definition) is 2. The molecular weight excluding hydrogens is 306 g/mol. The van der Waals surface area contributed by atoms with Crippen LogP contribution in [0.15, 0.2) is 16.6 Å². The zero-order valence-electron chi connectivity index (χ0n) is 9.44. The van der Waals surface area contributed by atoms with Gasteiger partial charge >= 0.3 is 6.09 Å². The Morgan fingerprint density at radius 2 is 2.06 bits per heavy atom. The highest BCUT2D eigenvalue weighted by Crippen LogP contribution is 2.38. The number of nitrogens with one attached hydrogen (secondary N) is 1. The minimum Gasteiger partial charge on any atom is -0.486 e. The Hall–Kier alpha value is -1.47. The van der Waals surface area contributed by atoms with Crippen molar-refractivity contribution in [1.29, 1.82) is 0 Å². The van der Waals surface area contributed by atoms with E-state index in [0.717, 1.165) is 0 Å². The molecule has 1 amide bonds. The summed E-state index contributed by atoms with van der Waals surface area (Å²) >= 11 is 3.32. The molecule has 0 spiro atoms. The van der Waals surface area contributed by atoms with E-state index in [4.69, 9.17) is 19.3 Å². The number of hydrogen-bond acceptors (Lipinski definition) is 5. The van der Waals surface area contributed by atoms with Crippen molar-refractivity contribution in [3.8, 4) is 11.5 Å². The third kappa shape index (κ3) is 3.05. The van der Waals surface area contributed by atoms with Crippen LogP contribution in [0.2, 0.25) is 0 Å². The Morgan fingerprint density at radius 1 is 1.39 bits per heavy atom. The molecule has 0 unspecified atom stereocenters. The normalized spacial score (nSPS) is 13.0. The number of carbonyl (C=O) groups excluding carboxylic acids is 1. The van der Waals surface area contributed by atoms with Crippen molar-refractivity contribution >= 4 is 27.7 Å². The highest BCUT2D eigenvalue weighted by molar-refractivity contribution is 9.10. The largest absolute Gasteiger partial charge is 0.486 e. The summed E-state index contributed by atoms with van der Waals surface area (Å²) in [4.78, 5) is 11.4. The van der Waals surface area contributed by atoms with E-state index >= 15 is 0 Å². The van der Waals surface area contributed by atoms with Gasteiger partial charge in [0.1, 0.15) is 19.8 Å². The molecule has 0 atom stereocenters. The predicted octanol–water partition coefficient (Wildman–Crippen LogP) is 1.76. The summed E-state index contributed by atoms with van der Waals surface area (Å²) in [5.74, 6) is 1.20. The summed E-state index contributed by atoms with van der Waals surface area (Å²) in [7, 11) is 0. The maximum Gasteiger partial charge on any atom is 0.411 e. The molecule has 0 bridgehead atoms. The van der Waals surface area contributed by atoms with E-state index in [1.54, 1.807) is 12.1 Å². The number of halogens is 1. The fourth-order valence-electron chi connectivity index (χ4n) is 1.44. The number of benzene rings is 1. The molecule has 1 aromatic carbocycles. The first-order valence-electron chi connectivity index (χ1n) is 5.34. The van der Waals surface area contributed by atoms with Gasteiger partial charge in [0.2, 0.25) is 0 Å². The van der Waals surface area contributed by atoms with Gasteiger partial charge in [-0.15, -0.1) is 0 Å². The minimum absolute atomic E-state index is 0.0476. The molecule has 1 heterocycles. The molecule has 2 N–H and O–H groups in total.